The van der Waals surface area contributed by atoms with Crippen LogP contribution < -0.4 is 10.6 Å². The first-order valence-corrected chi connectivity index (χ1v) is 7.24. The molecule has 0 aliphatic rings. The summed E-state index contributed by atoms with van der Waals surface area (Å²) >= 11 is 1.71. The quantitative estimate of drug-likeness (QED) is 0.453. The van der Waals surface area contributed by atoms with E-state index in [2.05, 4.69) is 46.3 Å². The van der Waals surface area contributed by atoms with Gasteiger partial charge in [0.1, 0.15) is 0 Å². The van der Waals surface area contributed by atoms with Crippen molar-refractivity contribution in [3.05, 3.63) is 22.4 Å². The zero-order valence-corrected chi connectivity index (χ0v) is 12.2. The number of rotatable bonds is 7. The normalized spacial score (nSPS) is 11.9. The first-order chi connectivity index (χ1) is 8.72. The van der Waals surface area contributed by atoms with Gasteiger partial charge in [-0.05, 0) is 42.7 Å². The molecule has 1 rings (SSSR count). The van der Waals surface area contributed by atoms with Gasteiger partial charge in [0.15, 0.2) is 5.96 Å². The molecule has 0 fully saturated rings. The number of hydrogen-bond donors (Lipinski definition) is 2. The third kappa shape index (κ3) is 6.61. The number of aliphatic imine (C=N–C) groups is 1. The molecular formula is C13H23N3OS. The second-order valence-electron chi connectivity index (χ2n) is 4.26. The van der Waals surface area contributed by atoms with Crippen LogP contribution in [0, 0.1) is 0 Å². The molecule has 0 aromatic carbocycles. The predicted molar refractivity (Wildman–Crippen MR) is 78.2 cm³/mol. The Balaban J connectivity index is 2.10. The fraction of sp³-hybridized carbons (Fsp3) is 0.615. The second kappa shape index (κ2) is 8.94. The van der Waals surface area contributed by atoms with Crippen LogP contribution in [0.1, 0.15) is 25.8 Å². The Kier molecular flexibility index (Phi) is 7.44. The molecule has 4 nitrogen and oxygen atoms in total. The molecule has 1 aromatic rings. The highest BCUT2D eigenvalue weighted by Gasteiger charge is 1.98. The van der Waals surface area contributed by atoms with Gasteiger partial charge >= 0.3 is 0 Å². The monoisotopic (exact) mass is 269 g/mol. The minimum Gasteiger partial charge on any atom is -0.379 e. The van der Waals surface area contributed by atoms with Gasteiger partial charge in [-0.1, -0.05) is 0 Å². The number of nitrogens with one attached hydrogen (secondary N) is 2. The Labute approximate surface area is 113 Å². The summed E-state index contributed by atoms with van der Waals surface area (Å²) < 4.78 is 5.48. The fourth-order valence-electron chi connectivity index (χ4n) is 1.40. The molecule has 1 aromatic heterocycles. The summed E-state index contributed by atoms with van der Waals surface area (Å²) in [6.45, 7) is 6.57. The first-order valence-electron chi connectivity index (χ1n) is 6.29. The molecular weight excluding hydrogens is 246 g/mol. The van der Waals surface area contributed by atoms with E-state index in [4.69, 9.17) is 4.74 Å². The Morgan fingerprint density at radius 2 is 2.28 bits per heavy atom. The van der Waals surface area contributed by atoms with Gasteiger partial charge < -0.3 is 15.4 Å². The van der Waals surface area contributed by atoms with Crippen LogP contribution >= 0.6 is 11.3 Å². The van der Waals surface area contributed by atoms with Gasteiger partial charge in [0, 0.05) is 26.7 Å². The van der Waals surface area contributed by atoms with E-state index in [1.165, 1.54) is 5.56 Å². The zero-order chi connectivity index (χ0) is 13.2. The molecule has 18 heavy (non-hydrogen) atoms. The van der Waals surface area contributed by atoms with E-state index in [9.17, 15) is 0 Å². The van der Waals surface area contributed by atoms with Gasteiger partial charge in [0.05, 0.1) is 6.10 Å². The molecule has 2 N–H and O–H groups in total. The van der Waals surface area contributed by atoms with Gasteiger partial charge in [-0.15, -0.1) is 0 Å². The molecule has 0 radical (unpaired) electrons. The number of hydrogen-bond acceptors (Lipinski definition) is 3. The average molecular weight is 269 g/mol. The van der Waals surface area contributed by atoms with E-state index < -0.39 is 0 Å². The van der Waals surface area contributed by atoms with Crippen molar-refractivity contribution in [3.63, 3.8) is 0 Å². The van der Waals surface area contributed by atoms with E-state index in [-0.39, 0.29) is 0 Å². The van der Waals surface area contributed by atoms with E-state index >= 15 is 0 Å². The summed E-state index contributed by atoms with van der Waals surface area (Å²) in [5.41, 5.74) is 1.28. The van der Waals surface area contributed by atoms with E-state index in [0.29, 0.717) is 6.10 Å². The molecule has 0 unspecified atom stereocenters. The van der Waals surface area contributed by atoms with Crippen molar-refractivity contribution in [1.82, 2.24) is 10.6 Å². The number of nitrogens with zero attached hydrogens (tertiary/aromatic N) is 1. The molecule has 0 aliphatic heterocycles. The lowest BCUT2D eigenvalue weighted by atomic mass is 10.3. The molecule has 5 heteroatoms. The van der Waals surface area contributed by atoms with Crippen LogP contribution in [-0.4, -0.2) is 32.3 Å². The highest BCUT2D eigenvalue weighted by Crippen LogP contribution is 2.04. The Morgan fingerprint density at radius 1 is 1.44 bits per heavy atom. The molecule has 0 saturated heterocycles. The van der Waals surface area contributed by atoms with Crippen LogP contribution in [0.5, 0.6) is 0 Å². The highest BCUT2D eigenvalue weighted by molar-refractivity contribution is 7.07. The molecule has 0 amide bonds. The van der Waals surface area contributed by atoms with Gasteiger partial charge in [-0.2, -0.15) is 11.3 Å². The smallest absolute Gasteiger partial charge is 0.191 e. The second-order valence-corrected chi connectivity index (χ2v) is 5.04. The van der Waals surface area contributed by atoms with Crippen molar-refractivity contribution in [2.24, 2.45) is 4.99 Å². The van der Waals surface area contributed by atoms with Crippen LogP contribution in [0.25, 0.3) is 0 Å². The number of ether oxygens (including phenoxy) is 1. The maximum atomic E-state index is 5.48. The maximum Gasteiger partial charge on any atom is 0.191 e. The van der Waals surface area contributed by atoms with Gasteiger partial charge in [0.2, 0.25) is 0 Å². The summed E-state index contributed by atoms with van der Waals surface area (Å²) in [5, 5.41) is 10.8. The predicted octanol–water partition coefficient (Wildman–Crippen LogP) is 2.23. The van der Waals surface area contributed by atoms with Crippen molar-refractivity contribution < 1.29 is 4.74 Å². The summed E-state index contributed by atoms with van der Waals surface area (Å²) in [7, 11) is 1.79. The maximum absolute atomic E-state index is 5.48. The lowest BCUT2D eigenvalue weighted by Crippen LogP contribution is -2.37. The molecule has 0 bridgehead atoms. The third-order valence-electron chi connectivity index (χ3n) is 2.33. The Morgan fingerprint density at radius 3 is 2.89 bits per heavy atom. The minimum absolute atomic E-state index is 0.307. The van der Waals surface area contributed by atoms with Crippen molar-refractivity contribution in [2.75, 3.05) is 20.2 Å². The standard InChI is InChI=1S/C13H23N3OS/c1-11(2)17-7-4-6-15-13(14-3)16-9-12-5-8-18-10-12/h5,8,10-11H,4,6-7,9H2,1-3H3,(H2,14,15,16). The van der Waals surface area contributed by atoms with Crippen LogP contribution in [-0.2, 0) is 11.3 Å². The summed E-state index contributed by atoms with van der Waals surface area (Å²) in [6, 6.07) is 2.11. The minimum atomic E-state index is 0.307. The highest BCUT2D eigenvalue weighted by atomic mass is 32.1. The topological polar surface area (TPSA) is 45.7 Å². The zero-order valence-electron chi connectivity index (χ0n) is 11.4. The molecule has 0 spiro atoms. The van der Waals surface area contributed by atoms with Crippen LogP contribution in [0.3, 0.4) is 0 Å². The van der Waals surface area contributed by atoms with Crippen molar-refractivity contribution in [2.45, 2.75) is 32.9 Å². The van der Waals surface area contributed by atoms with E-state index in [1.54, 1.807) is 18.4 Å². The molecule has 0 atom stereocenters. The molecule has 0 saturated carbocycles. The fourth-order valence-corrected chi connectivity index (χ4v) is 2.07. The average Bonchev–Trinajstić information content (AvgIpc) is 2.85. The first kappa shape index (κ1) is 15.0. The van der Waals surface area contributed by atoms with Crippen LogP contribution in [0.15, 0.2) is 21.8 Å². The van der Waals surface area contributed by atoms with Crippen molar-refractivity contribution in [3.8, 4) is 0 Å². The van der Waals surface area contributed by atoms with Gasteiger partial charge in [-0.3, -0.25) is 4.99 Å². The number of thiophene rings is 1. The summed E-state index contributed by atoms with van der Waals surface area (Å²) in [4.78, 5) is 4.18. The van der Waals surface area contributed by atoms with Crippen LogP contribution in [0.2, 0.25) is 0 Å². The Bertz CT molecular complexity index is 336. The number of guanidine groups is 1. The molecule has 1 heterocycles. The van der Waals surface area contributed by atoms with Crippen LogP contribution in [0.4, 0.5) is 0 Å². The SMILES string of the molecule is CN=C(NCCCOC(C)C)NCc1ccsc1. The molecule has 102 valence electrons. The summed E-state index contributed by atoms with van der Waals surface area (Å²) in [5.74, 6) is 0.839. The van der Waals surface area contributed by atoms with E-state index in [1.807, 2.05) is 0 Å². The lowest BCUT2D eigenvalue weighted by Gasteiger charge is -2.12. The third-order valence-corrected chi connectivity index (χ3v) is 3.06. The summed E-state index contributed by atoms with van der Waals surface area (Å²) in [6.07, 6.45) is 1.29. The van der Waals surface area contributed by atoms with E-state index in [0.717, 1.165) is 32.1 Å². The van der Waals surface area contributed by atoms with Gasteiger partial charge in [-0.25, -0.2) is 0 Å². The Hall–Kier alpha value is -1.07. The molecule has 0 aliphatic carbocycles. The lowest BCUT2D eigenvalue weighted by molar-refractivity contribution is 0.0776. The van der Waals surface area contributed by atoms with Gasteiger partial charge in [0.25, 0.3) is 0 Å². The van der Waals surface area contributed by atoms with Crippen molar-refractivity contribution >= 4 is 17.3 Å². The largest absolute Gasteiger partial charge is 0.379 e. The van der Waals surface area contributed by atoms with Crippen molar-refractivity contribution in [1.29, 1.82) is 0 Å².